The van der Waals surface area contributed by atoms with Crippen molar-refractivity contribution in [3.8, 4) is 33.4 Å². The molecule has 13 rings (SSSR count). The van der Waals surface area contributed by atoms with Gasteiger partial charge in [0.25, 0.3) is 0 Å². The smallest absolute Gasteiger partial charge is 0.159 e. The van der Waals surface area contributed by atoms with Crippen molar-refractivity contribution in [3.63, 3.8) is 0 Å². The van der Waals surface area contributed by atoms with Crippen molar-refractivity contribution in [2.75, 3.05) is 4.90 Å². The van der Waals surface area contributed by atoms with E-state index in [1.165, 1.54) is 27.8 Å². The van der Waals surface area contributed by atoms with Crippen LogP contribution in [0.2, 0.25) is 0 Å². The first-order valence-electron chi connectivity index (χ1n) is 20.9. The standard InChI is InChI=1S/C57H37NO3/c1-57(2)46-19-9-6-15-39(46)40-29-25-36(31-47(40)57)53-54-44-17-8-11-22-50(44)59-52(54)33-45-42-30-28-38(32-51(42)61-56(45)53)58(37-26-23-35(24-27-37)34-13-4-3-5-14-34)48-20-12-18-43-41-16-7-10-21-49(41)60-55(43)48/h3-33H,1-2H3. The van der Waals surface area contributed by atoms with E-state index in [-0.39, 0.29) is 5.41 Å². The molecule has 0 saturated heterocycles. The van der Waals surface area contributed by atoms with Crippen LogP contribution in [0, 0.1) is 0 Å². The molecular weight excluding hydrogens is 747 g/mol. The third-order valence-electron chi connectivity index (χ3n) is 13.1. The number of nitrogens with zero attached hydrogens (tertiary/aromatic N) is 1. The number of furan rings is 3. The average Bonchev–Trinajstić information content (AvgIpc) is 4.04. The van der Waals surface area contributed by atoms with Crippen molar-refractivity contribution >= 4 is 82.9 Å². The first-order chi connectivity index (χ1) is 30.0. The van der Waals surface area contributed by atoms with Crippen molar-refractivity contribution in [2.45, 2.75) is 19.3 Å². The van der Waals surface area contributed by atoms with Crippen LogP contribution in [0.3, 0.4) is 0 Å². The lowest BCUT2D eigenvalue weighted by Crippen LogP contribution is -2.14. The summed E-state index contributed by atoms with van der Waals surface area (Å²) in [5.74, 6) is 0. The lowest BCUT2D eigenvalue weighted by molar-refractivity contribution is 0.660. The van der Waals surface area contributed by atoms with E-state index in [1.54, 1.807) is 0 Å². The van der Waals surface area contributed by atoms with E-state index in [0.717, 1.165) is 99.6 Å². The van der Waals surface area contributed by atoms with Gasteiger partial charge >= 0.3 is 0 Å². The normalized spacial score (nSPS) is 13.2. The Balaban J connectivity index is 1.04. The maximum atomic E-state index is 7.18. The second-order valence-corrected chi connectivity index (χ2v) is 16.8. The third-order valence-corrected chi connectivity index (χ3v) is 13.1. The van der Waals surface area contributed by atoms with E-state index in [4.69, 9.17) is 13.3 Å². The highest BCUT2D eigenvalue weighted by atomic mass is 16.3. The van der Waals surface area contributed by atoms with Crippen molar-refractivity contribution in [3.05, 3.63) is 199 Å². The summed E-state index contributed by atoms with van der Waals surface area (Å²) in [6.07, 6.45) is 0. The summed E-state index contributed by atoms with van der Waals surface area (Å²) in [5.41, 5.74) is 17.5. The Labute approximate surface area is 351 Å². The van der Waals surface area contributed by atoms with Gasteiger partial charge in [0.15, 0.2) is 5.58 Å². The molecule has 3 heterocycles. The molecule has 0 fully saturated rings. The van der Waals surface area contributed by atoms with Crippen LogP contribution in [-0.4, -0.2) is 0 Å². The van der Waals surface area contributed by atoms with Crippen LogP contribution in [0.5, 0.6) is 0 Å². The monoisotopic (exact) mass is 783 g/mol. The largest absolute Gasteiger partial charge is 0.456 e. The topological polar surface area (TPSA) is 42.7 Å². The van der Waals surface area contributed by atoms with Crippen molar-refractivity contribution < 1.29 is 13.3 Å². The Morgan fingerprint density at radius 3 is 1.87 bits per heavy atom. The van der Waals surface area contributed by atoms with Crippen molar-refractivity contribution in [1.29, 1.82) is 0 Å². The molecule has 0 bridgehead atoms. The molecule has 1 aliphatic rings. The maximum Gasteiger partial charge on any atom is 0.159 e. The Morgan fingerprint density at radius 1 is 0.377 bits per heavy atom. The number of hydrogen-bond donors (Lipinski definition) is 0. The minimum atomic E-state index is -0.151. The number of anilines is 3. The molecule has 0 saturated carbocycles. The van der Waals surface area contributed by atoms with Gasteiger partial charge in [0.2, 0.25) is 0 Å². The van der Waals surface area contributed by atoms with Crippen molar-refractivity contribution in [1.82, 2.24) is 0 Å². The highest BCUT2D eigenvalue weighted by Crippen LogP contribution is 2.52. The van der Waals surface area contributed by atoms with Crippen LogP contribution < -0.4 is 4.90 Å². The minimum Gasteiger partial charge on any atom is -0.456 e. The van der Waals surface area contributed by atoms with Crippen LogP contribution in [0.25, 0.3) is 99.2 Å². The lowest BCUT2D eigenvalue weighted by atomic mass is 9.81. The first kappa shape index (κ1) is 34.1. The molecule has 4 heteroatoms. The number of hydrogen-bond acceptors (Lipinski definition) is 4. The summed E-state index contributed by atoms with van der Waals surface area (Å²) >= 11 is 0. The molecule has 0 amide bonds. The summed E-state index contributed by atoms with van der Waals surface area (Å²) in [7, 11) is 0. The maximum absolute atomic E-state index is 7.18. The van der Waals surface area contributed by atoms with Crippen LogP contribution in [0.1, 0.15) is 25.0 Å². The summed E-state index contributed by atoms with van der Waals surface area (Å²) in [6.45, 7) is 4.67. The summed E-state index contributed by atoms with van der Waals surface area (Å²) in [6, 6.07) is 66.7. The fourth-order valence-corrected chi connectivity index (χ4v) is 10.1. The Bertz CT molecular complexity index is 3730. The lowest BCUT2D eigenvalue weighted by Gasteiger charge is -2.25. The van der Waals surface area contributed by atoms with E-state index in [1.807, 2.05) is 18.2 Å². The van der Waals surface area contributed by atoms with Gasteiger partial charge in [0.1, 0.15) is 27.9 Å². The van der Waals surface area contributed by atoms with Gasteiger partial charge in [-0.3, -0.25) is 0 Å². The zero-order valence-electron chi connectivity index (χ0n) is 33.6. The zero-order valence-corrected chi connectivity index (χ0v) is 33.6. The zero-order chi connectivity index (χ0) is 40.4. The molecule has 0 unspecified atom stereocenters. The molecule has 4 nitrogen and oxygen atoms in total. The molecular formula is C57H37NO3. The van der Waals surface area contributed by atoms with Crippen LogP contribution >= 0.6 is 0 Å². The minimum absolute atomic E-state index is 0.151. The fourth-order valence-electron chi connectivity index (χ4n) is 10.1. The Hall–Kier alpha value is -7.82. The Kier molecular flexibility index (Phi) is 7.04. The fraction of sp³-hybridized carbons (Fsp3) is 0.0526. The van der Waals surface area contributed by atoms with Crippen LogP contribution in [0.15, 0.2) is 201 Å². The second kappa shape index (κ2) is 12.6. The van der Waals surface area contributed by atoms with E-state index in [2.05, 4.69) is 189 Å². The molecule has 0 atom stereocenters. The quantitative estimate of drug-likeness (QED) is 0.174. The summed E-state index contributed by atoms with van der Waals surface area (Å²) in [5, 5.41) is 6.34. The van der Waals surface area contributed by atoms with Gasteiger partial charge in [-0.2, -0.15) is 0 Å². The summed E-state index contributed by atoms with van der Waals surface area (Å²) < 4.78 is 20.5. The molecule has 9 aromatic carbocycles. The van der Waals surface area contributed by atoms with E-state index in [0.29, 0.717) is 0 Å². The number of rotatable bonds is 5. The van der Waals surface area contributed by atoms with Gasteiger partial charge in [-0.05, 0) is 93.5 Å². The Morgan fingerprint density at radius 2 is 1.02 bits per heavy atom. The van der Waals surface area contributed by atoms with Gasteiger partial charge in [0, 0.05) is 55.0 Å². The number of para-hydroxylation sites is 3. The highest BCUT2D eigenvalue weighted by Gasteiger charge is 2.36. The van der Waals surface area contributed by atoms with Gasteiger partial charge in [-0.1, -0.05) is 141 Å². The van der Waals surface area contributed by atoms with E-state index >= 15 is 0 Å². The van der Waals surface area contributed by atoms with Gasteiger partial charge in [0.05, 0.1) is 11.4 Å². The van der Waals surface area contributed by atoms with Crippen molar-refractivity contribution in [2.24, 2.45) is 0 Å². The molecule has 288 valence electrons. The van der Waals surface area contributed by atoms with E-state index < -0.39 is 0 Å². The third kappa shape index (κ3) is 4.93. The highest BCUT2D eigenvalue weighted by molar-refractivity contribution is 6.24. The van der Waals surface area contributed by atoms with Crippen LogP contribution in [0.4, 0.5) is 17.1 Å². The number of benzene rings is 9. The predicted molar refractivity (Wildman–Crippen MR) is 251 cm³/mol. The molecule has 12 aromatic rings. The van der Waals surface area contributed by atoms with Gasteiger partial charge in [-0.25, -0.2) is 0 Å². The molecule has 0 N–H and O–H groups in total. The van der Waals surface area contributed by atoms with Gasteiger partial charge in [-0.15, -0.1) is 0 Å². The molecule has 0 aliphatic heterocycles. The first-order valence-corrected chi connectivity index (χ1v) is 20.9. The van der Waals surface area contributed by atoms with E-state index in [9.17, 15) is 0 Å². The summed E-state index contributed by atoms with van der Waals surface area (Å²) in [4.78, 5) is 2.28. The van der Waals surface area contributed by atoms with Gasteiger partial charge < -0.3 is 18.2 Å². The van der Waals surface area contributed by atoms with Crippen LogP contribution in [-0.2, 0) is 5.41 Å². The second-order valence-electron chi connectivity index (χ2n) is 16.8. The number of fused-ring (bicyclic) bond motifs is 12. The molecule has 0 spiro atoms. The molecule has 3 aromatic heterocycles. The SMILES string of the molecule is CC1(C)c2ccccc2-c2ccc(-c3c4oc5cc(N(c6ccc(-c7ccccc7)cc6)c6cccc7c6oc6ccccc67)ccc5c4cc4oc5ccccc5c34)cc21. The average molecular weight is 784 g/mol. The predicted octanol–water partition coefficient (Wildman–Crippen LogP) is 16.5. The molecule has 0 radical (unpaired) electrons. The molecule has 1 aliphatic carbocycles. The molecule has 61 heavy (non-hydrogen) atoms.